The fourth-order valence-electron chi connectivity index (χ4n) is 5.99. The number of benzene rings is 1. The number of aliphatic hydroxyl groups excluding tert-OH is 1. The maximum Gasteiger partial charge on any atom is 0.326 e. The van der Waals surface area contributed by atoms with E-state index in [0.29, 0.717) is 37.8 Å². The number of carboxylic acid groups (broad SMARTS) is 1. The number of aromatic hydroxyl groups is 1. The van der Waals surface area contributed by atoms with Gasteiger partial charge in [-0.25, -0.2) is 4.79 Å². The first-order valence-corrected chi connectivity index (χ1v) is 19.6. The highest BCUT2D eigenvalue weighted by atomic mass is 16.4. The fraction of sp³-hybridized carbons (Fsp3) is 0.632. The lowest BCUT2D eigenvalue weighted by atomic mass is 10.0. The number of hydrogen-bond donors (Lipinski definition) is 12. The second-order valence-electron chi connectivity index (χ2n) is 14.9. The number of carboxylic acids is 1. The van der Waals surface area contributed by atoms with Gasteiger partial charge in [0.2, 0.25) is 41.4 Å². The zero-order valence-corrected chi connectivity index (χ0v) is 33.5. The summed E-state index contributed by atoms with van der Waals surface area (Å²) in [6, 6.07) is -2.93. The van der Waals surface area contributed by atoms with E-state index in [1.54, 1.807) is 26.0 Å². The lowest BCUT2D eigenvalue weighted by Gasteiger charge is -2.28. The Hall–Kier alpha value is -5.34. The third kappa shape index (κ3) is 16.6. The van der Waals surface area contributed by atoms with Gasteiger partial charge in [0, 0.05) is 13.0 Å². The van der Waals surface area contributed by atoms with Crippen molar-refractivity contribution in [2.45, 2.75) is 134 Å². The van der Waals surface area contributed by atoms with Crippen molar-refractivity contribution < 1.29 is 53.7 Å². The molecule has 1 aromatic rings. The second-order valence-corrected chi connectivity index (χ2v) is 14.9. The van der Waals surface area contributed by atoms with E-state index in [0.717, 1.165) is 0 Å². The zero-order chi connectivity index (χ0) is 43.5. The molecule has 1 aromatic carbocycles. The van der Waals surface area contributed by atoms with Gasteiger partial charge in [-0.2, -0.15) is 0 Å². The van der Waals surface area contributed by atoms with Gasteiger partial charge in [0.15, 0.2) is 0 Å². The Morgan fingerprint density at radius 2 is 1.53 bits per heavy atom. The summed E-state index contributed by atoms with van der Waals surface area (Å²) in [5.74, 6) is -7.08. The molecule has 0 radical (unpaired) electrons. The molecular weight excluding hydrogens is 758 g/mol. The van der Waals surface area contributed by atoms with Gasteiger partial charge in [-0.05, 0) is 95.4 Å². The van der Waals surface area contributed by atoms with E-state index >= 15 is 0 Å². The number of unbranched alkanes of at least 4 members (excludes halogenated alkanes) is 1. The van der Waals surface area contributed by atoms with Crippen LogP contribution in [-0.2, 0) is 44.8 Å². The Morgan fingerprint density at radius 1 is 0.862 bits per heavy atom. The number of hydrogen-bond acceptors (Lipinski definition) is 12. The number of rotatable bonds is 17. The maximum atomic E-state index is 13.8. The zero-order valence-electron chi connectivity index (χ0n) is 33.5. The molecule has 0 aromatic heterocycles. The van der Waals surface area contributed by atoms with Crippen molar-refractivity contribution in [2.75, 3.05) is 13.1 Å². The van der Waals surface area contributed by atoms with Gasteiger partial charge in [0.1, 0.15) is 42.0 Å². The van der Waals surface area contributed by atoms with E-state index in [4.69, 9.17) is 11.5 Å². The SMILES string of the molecule is CC(C)[C@H](NC(=O)[C@H](C)NC(=O)[C@@H]1CCC(=O)NCCCC[C@H](NC(=O)[C@H](CCCCN)NC(=O)[C@@H](N)Cc2ccc(O)cc2)C(=O)N[C@@H]([C@@H](C)O)C(=O)N1)C(=O)O. The van der Waals surface area contributed by atoms with Gasteiger partial charge >= 0.3 is 5.97 Å². The number of carbonyl (C=O) groups excluding carboxylic acids is 7. The average Bonchev–Trinajstić information content (AvgIpc) is 3.16. The predicted molar refractivity (Wildman–Crippen MR) is 210 cm³/mol. The molecule has 0 bridgehead atoms. The van der Waals surface area contributed by atoms with E-state index < -0.39 is 102 Å². The van der Waals surface area contributed by atoms with E-state index in [1.165, 1.54) is 26.0 Å². The van der Waals surface area contributed by atoms with Gasteiger partial charge < -0.3 is 64.0 Å². The normalized spacial score (nSPS) is 20.9. The van der Waals surface area contributed by atoms with Crippen molar-refractivity contribution in [1.29, 1.82) is 0 Å². The molecule has 7 amide bonds. The molecule has 1 heterocycles. The van der Waals surface area contributed by atoms with E-state index in [2.05, 4.69) is 37.2 Å². The summed E-state index contributed by atoms with van der Waals surface area (Å²) in [5.41, 5.74) is 12.5. The van der Waals surface area contributed by atoms with Crippen LogP contribution < -0.4 is 48.7 Å². The first-order chi connectivity index (χ1) is 27.3. The Balaban J connectivity index is 2.28. The fourth-order valence-corrected chi connectivity index (χ4v) is 5.99. The quantitative estimate of drug-likeness (QED) is 0.0726. The highest BCUT2D eigenvalue weighted by Crippen LogP contribution is 2.12. The maximum absolute atomic E-state index is 13.8. The molecule has 1 fully saturated rings. The van der Waals surface area contributed by atoms with E-state index in [1.807, 2.05) is 0 Å². The van der Waals surface area contributed by atoms with Crippen LogP contribution in [0, 0.1) is 5.92 Å². The third-order valence-electron chi connectivity index (χ3n) is 9.52. The molecule has 324 valence electrons. The number of amides is 7. The molecule has 0 unspecified atom stereocenters. The molecule has 1 aliphatic heterocycles. The van der Waals surface area contributed by atoms with Crippen molar-refractivity contribution in [3.05, 3.63) is 29.8 Å². The van der Waals surface area contributed by atoms with Crippen LogP contribution >= 0.6 is 0 Å². The van der Waals surface area contributed by atoms with Crippen LogP contribution in [0.1, 0.15) is 84.6 Å². The van der Waals surface area contributed by atoms with Crippen molar-refractivity contribution in [1.82, 2.24) is 37.2 Å². The van der Waals surface area contributed by atoms with Gasteiger partial charge in [0.25, 0.3) is 0 Å². The molecule has 0 aliphatic carbocycles. The smallest absolute Gasteiger partial charge is 0.326 e. The van der Waals surface area contributed by atoms with E-state index in [9.17, 15) is 53.7 Å². The molecule has 1 aliphatic rings. The van der Waals surface area contributed by atoms with Crippen LogP contribution in [0.2, 0.25) is 0 Å². The van der Waals surface area contributed by atoms with Crippen molar-refractivity contribution in [2.24, 2.45) is 17.4 Å². The van der Waals surface area contributed by atoms with Gasteiger partial charge in [0.05, 0.1) is 12.1 Å². The Morgan fingerprint density at radius 3 is 2.14 bits per heavy atom. The van der Waals surface area contributed by atoms with Crippen molar-refractivity contribution in [3.63, 3.8) is 0 Å². The molecule has 2 rings (SSSR count). The van der Waals surface area contributed by atoms with Gasteiger partial charge in [-0.1, -0.05) is 26.0 Å². The molecular formula is C38H61N9O11. The Kier molecular flexibility index (Phi) is 20.6. The highest BCUT2D eigenvalue weighted by Gasteiger charge is 2.35. The van der Waals surface area contributed by atoms with E-state index in [-0.39, 0.29) is 44.4 Å². The van der Waals surface area contributed by atoms with Crippen LogP contribution in [0.4, 0.5) is 0 Å². The minimum atomic E-state index is -1.65. The van der Waals surface area contributed by atoms with Crippen LogP contribution in [0.5, 0.6) is 5.75 Å². The van der Waals surface area contributed by atoms with Crippen LogP contribution in [-0.4, -0.2) is 124 Å². The van der Waals surface area contributed by atoms with Crippen LogP contribution in [0.3, 0.4) is 0 Å². The first kappa shape index (κ1) is 48.8. The van der Waals surface area contributed by atoms with Crippen molar-refractivity contribution in [3.8, 4) is 5.75 Å². The molecule has 0 spiro atoms. The largest absolute Gasteiger partial charge is 0.508 e. The molecule has 58 heavy (non-hydrogen) atoms. The summed E-state index contributed by atoms with van der Waals surface area (Å²) in [4.78, 5) is 105. The molecule has 1 saturated heterocycles. The monoisotopic (exact) mass is 819 g/mol. The lowest BCUT2D eigenvalue weighted by Crippen LogP contribution is -2.61. The minimum absolute atomic E-state index is 0.0377. The number of aliphatic hydroxyl groups is 1. The minimum Gasteiger partial charge on any atom is -0.508 e. The number of nitrogens with one attached hydrogen (secondary N) is 7. The Labute approximate surface area is 337 Å². The molecule has 8 atom stereocenters. The number of nitrogens with two attached hydrogens (primary N) is 2. The molecule has 14 N–H and O–H groups in total. The summed E-state index contributed by atoms with van der Waals surface area (Å²) in [5, 5.41) is 47.3. The number of aliphatic carboxylic acids is 1. The summed E-state index contributed by atoms with van der Waals surface area (Å²) >= 11 is 0. The predicted octanol–water partition coefficient (Wildman–Crippen LogP) is -2.48. The van der Waals surface area contributed by atoms with Crippen molar-refractivity contribution >= 4 is 47.3 Å². The van der Waals surface area contributed by atoms with Gasteiger partial charge in [-0.15, -0.1) is 0 Å². The number of phenols is 1. The topological polar surface area (TPSA) is 334 Å². The third-order valence-corrected chi connectivity index (χ3v) is 9.52. The summed E-state index contributed by atoms with van der Waals surface area (Å²) < 4.78 is 0. The molecule has 0 saturated carbocycles. The van der Waals surface area contributed by atoms with Gasteiger partial charge in [-0.3, -0.25) is 33.6 Å². The van der Waals surface area contributed by atoms with Crippen LogP contribution in [0.15, 0.2) is 24.3 Å². The highest BCUT2D eigenvalue weighted by molar-refractivity contribution is 5.97. The Bertz CT molecular complexity index is 1570. The molecule has 20 nitrogen and oxygen atoms in total. The number of phenolic OH excluding ortho intramolecular Hbond substituents is 1. The average molecular weight is 820 g/mol. The first-order valence-electron chi connectivity index (χ1n) is 19.6. The lowest BCUT2D eigenvalue weighted by molar-refractivity contribution is -0.143. The summed E-state index contributed by atoms with van der Waals surface area (Å²) in [6.45, 7) is 6.22. The number of carbonyl (C=O) groups is 8. The summed E-state index contributed by atoms with van der Waals surface area (Å²) in [7, 11) is 0. The molecule has 20 heteroatoms. The summed E-state index contributed by atoms with van der Waals surface area (Å²) in [6.07, 6.45) is -0.0188. The standard InChI is InChI=1S/C38H61N9O11/c1-20(2)30(38(57)58)46-32(51)21(3)42-34(53)28-15-16-29(50)41-18-8-6-10-27(36(55)47-31(22(4)48)37(56)45-28)44-35(54)26(9-5-7-17-39)43-33(52)25(40)19-23-11-13-24(49)14-12-23/h11-14,20-22,25-28,30-31,48-49H,5-10,15-19,39-40H2,1-4H3,(H,41,50)(H,42,53)(H,43,52)(H,44,54)(H,45,56)(H,46,51)(H,47,55)(H,57,58)/t21-,22+,25-,26-,27-,28-,30-,31-/m0/s1. The van der Waals surface area contributed by atoms with Crippen LogP contribution in [0.25, 0.3) is 0 Å². The second kappa shape index (κ2) is 24.4.